The van der Waals surface area contributed by atoms with Gasteiger partial charge in [-0.15, -0.1) is 0 Å². The average molecular weight is 168 g/mol. The molecule has 0 saturated heterocycles. The van der Waals surface area contributed by atoms with E-state index in [0.29, 0.717) is 5.82 Å². The Morgan fingerprint density at radius 2 is 2.17 bits per heavy atom. The van der Waals surface area contributed by atoms with E-state index in [1.807, 2.05) is 20.8 Å². The largest absolute Gasteiger partial charge is 0.364 e. The molecule has 0 amide bonds. The van der Waals surface area contributed by atoms with Crippen molar-refractivity contribution in [3.8, 4) is 0 Å². The maximum absolute atomic E-state index is 11.0. The van der Waals surface area contributed by atoms with Crippen molar-refractivity contribution >= 4 is 6.72 Å². The molecule has 1 heterocycles. The van der Waals surface area contributed by atoms with Crippen LogP contribution < -0.4 is 5.69 Å². The molecule has 66 valence electrons. The molecule has 0 aliphatic carbocycles. The molecular weight excluding hydrogens is 156 g/mol. The highest BCUT2D eigenvalue weighted by molar-refractivity contribution is 5.23. The zero-order chi connectivity index (χ0) is 9.35. The number of aromatic amines is 1. The molecule has 0 bridgehead atoms. The third-order valence-electron chi connectivity index (χ3n) is 1.46. The van der Waals surface area contributed by atoms with Crippen LogP contribution in [0.25, 0.3) is 0 Å². The van der Waals surface area contributed by atoms with E-state index in [1.54, 1.807) is 0 Å². The highest BCUT2D eigenvalue weighted by atomic mass is 16.2. The zero-order valence-corrected chi connectivity index (χ0v) is 7.46. The summed E-state index contributed by atoms with van der Waals surface area (Å²) in [5, 5.41) is 9.72. The topological polar surface area (TPSA) is 63.0 Å². The Morgan fingerprint density at radius 3 is 2.50 bits per heavy atom. The Labute approximate surface area is 70.1 Å². The van der Waals surface area contributed by atoms with Gasteiger partial charge in [-0.1, -0.05) is 20.8 Å². The quantitative estimate of drug-likeness (QED) is 0.614. The Hall–Kier alpha value is -1.39. The SMILES string of the molecule is C=Nn1c(C(C)(C)C)n[nH]c1=O. The molecule has 5 heteroatoms. The van der Waals surface area contributed by atoms with E-state index in [-0.39, 0.29) is 11.1 Å². The van der Waals surface area contributed by atoms with Crippen molar-refractivity contribution < 1.29 is 0 Å². The second-order valence-electron chi connectivity index (χ2n) is 3.56. The number of rotatable bonds is 1. The summed E-state index contributed by atoms with van der Waals surface area (Å²) in [7, 11) is 0. The molecule has 0 spiro atoms. The van der Waals surface area contributed by atoms with Crippen molar-refractivity contribution in [3.63, 3.8) is 0 Å². The summed E-state index contributed by atoms with van der Waals surface area (Å²) >= 11 is 0. The van der Waals surface area contributed by atoms with Gasteiger partial charge in [-0.05, 0) is 0 Å². The van der Waals surface area contributed by atoms with Crippen LogP contribution in [0.15, 0.2) is 9.90 Å². The summed E-state index contributed by atoms with van der Waals surface area (Å²) in [6.07, 6.45) is 0. The highest BCUT2D eigenvalue weighted by Gasteiger charge is 2.21. The normalized spacial score (nSPS) is 11.6. The Balaban J connectivity index is 3.35. The molecule has 0 aromatic carbocycles. The van der Waals surface area contributed by atoms with Crippen LogP contribution in [0.2, 0.25) is 0 Å². The molecule has 0 aliphatic rings. The van der Waals surface area contributed by atoms with Crippen molar-refractivity contribution in [2.75, 3.05) is 0 Å². The zero-order valence-electron chi connectivity index (χ0n) is 7.46. The van der Waals surface area contributed by atoms with Crippen molar-refractivity contribution in [2.24, 2.45) is 5.10 Å². The van der Waals surface area contributed by atoms with E-state index >= 15 is 0 Å². The van der Waals surface area contributed by atoms with Gasteiger partial charge < -0.3 is 0 Å². The van der Waals surface area contributed by atoms with Crippen LogP contribution in [0.5, 0.6) is 0 Å². The van der Waals surface area contributed by atoms with E-state index in [2.05, 4.69) is 22.0 Å². The molecule has 1 rings (SSSR count). The van der Waals surface area contributed by atoms with Gasteiger partial charge in [0, 0.05) is 12.1 Å². The van der Waals surface area contributed by atoms with Gasteiger partial charge in [-0.3, -0.25) is 0 Å². The van der Waals surface area contributed by atoms with E-state index in [1.165, 1.54) is 4.68 Å². The lowest BCUT2D eigenvalue weighted by Gasteiger charge is -2.14. The number of hydrogen-bond acceptors (Lipinski definition) is 3. The smallest absolute Gasteiger partial charge is 0.244 e. The third-order valence-corrected chi connectivity index (χ3v) is 1.46. The van der Waals surface area contributed by atoms with Crippen LogP contribution in [0.3, 0.4) is 0 Å². The van der Waals surface area contributed by atoms with Gasteiger partial charge in [0.05, 0.1) is 0 Å². The van der Waals surface area contributed by atoms with E-state index in [9.17, 15) is 4.79 Å². The van der Waals surface area contributed by atoms with Gasteiger partial charge in [0.2, 0.25) is 0 Å². The standard InChI is InChI=1S/C7H12N4O/c1-7(2,3)5-9-10-6(12)11(5)8-4/h4H2,1-3H3,(H,10,12). The first-order chi connectivity index (χ1) is 5.46. The lowest BCUT2D eigenvalue weighted by atomic mass is 9.96. The second-order valence-corrected chi connectivity index (χ2v) is 3.56. The highest BCUT2D eigenvalue weighted by Crippen LogP contribution is 2.17. The van der Waals surface area contributed by atoms with E-state index in [0.717, 1.165) is 0 Å². The van der Waals surface area contributed by atoms with Crippen LogP contribution in [-0.2, 0) is 5.41 Å². The fourth-order valence-corrected chi connectivity index (χ4v) is 0.908. The van der Waals surface area contributed by atoms with Gasteiger partial charge in [-0.25, -0.2) is 9.89 Å². The lowest BCUT2D eigenvalue weighted by Crippen LogP contribution is -2.22. The number of hydrogen-bond donors (Lipinski definition) is 1. The third kappa shape index (κ3) is 1.30. The summed E-state index contributed by atoms with van der Waals surface area (Å²) < 4.78 is 1.17. The molecule has 1 N–H and O–H groups in total. The monoisotopic (exact) mass is 168 g/mol. The number of H-pyrrole nitrogens is 1. The summed E-state index contributed by atoms with van der Waals surface area (Å²) in [4.78, 5) is 11.0. The predicted molar refractivity (Wildman–Crippen MR) is 46.5 cm³/mol. The fraction of sp³-hybridized carbons (Fsp3) is 0.571. The Kier molecular flexibility index (Phi) is 1.87. The molecule has 1 aromatic rings. The Bertz CT molecular complexity index is 341. The summed E-state index contributed by atoms with van der Waals surface area (Å²) in [6, 6.07) is 0. The number of nitrogens with zero attached hydrogens (tertiary/aromatic N) is 3. The van der Waals surface area contributed by atoms with Crippen LogP contribution in [0, 0.1) is 0 Å². The maximum Gasteiger partial charge on any atom is 0.364 e. The maximum atomic E-state index is 11.0. The average Bonchev–Trinajstić information content (AvgIpc) is 2.29. The van der Waals surface area contributed by atoms with E-state index < -0.39 is 0 Å². The van der Waals surface area contributed by atoms with Gasteiger partial charge >= 0.3 is 5.69 Å². The fourth-order valence-electron chi connectivity index (χ4n) is 0.908. The minimum absolute atomic E-state index is 0.208. The Morgan fingerprint density at radius 1 is 1.58 bits per heavy atom. The molecule has 5 nitrogen and oxygen atoms in total. The molecule has 1 aromatic heterocycles. The number of aromatic nitrogens is 3. The van der Waals surface area contributed by atoms with Crippen molar-refractivity contribution in [3.05, 3.63) is 16.3 Å². The summed E-state index contributed by atoms with van der Waals surface area (Å²) in [6.45, 7) is 9.14. The molecule has 0 radical (unpaired) electrons. The van der Waals surface area contributed by atoms with Crippen LogP contribution >= 0.6 is 0 Å². The first-order valence-electron chi connectivity index (χ1n) is 3.61. The molecule has 12 heavy (non-hydrogen) atoms. The molecule has 0 fully saturated rings. The summed E-state index contributed by atoms with van der Waals surface area (Å²) in [5.41, 5.74) is -0.560. The molecule has 0 unspecified atom stereocenters. The summed E-state index contributed by atoms with van der Waals surface area (Å²) in [5.74, 6) is 0.586. The van der Waals surface area contributed by atoms with Crippen LogP contribution in [0.1, 0.15) is 26.6 Å². The number of nitrogens with one attached hydrogen (secondary N) is 1. The van der Waals surface area contributed by atoms with Crippen molar-refractivity contribution in [1.82, 2.24) is 14.9 Å². The minimum atomic E-state index is -0.352. The van der Waals surface area contributed by atoms with Crippen molar-refractivity contribution in [1.29, 1.82) is 0 Å². The molecule has 0 saturated carbocycles. The predicted octanol–water partition coefficient (Wildman–Crippen LogP) is 0.333. The first-order valence-corrected chi connectivity index (χ1v) is 3.61. The van der Waals surface area contributed by atoms with Gasteiger partial charge in [0.15, 0.2) is 5.82 Å². The van der Waals surface area contributed by atoms with Crippen LogP contribution in [-0.4, -0.2) is 21.6 Å². The van der Waals surface area contributed by atoms with E-state index in [4.69, 9.17) is 0 Å². The van der Waals surface area contributed by atoms with Gasteiger partial charge in [-0.2, -0.15) is 14.9 Å². The molecule has 0 atom stereocenters. The molecular formula is C7H12N4O. The first kappa shape index (κ1) is 8.70. The van der Waals surface area contributed by atoms with Crippen LogP contribution in [0.4, 0.5) is 0 Å². The second kappa shape index (κ2) is 2.58. The van der Waals surface area contributed by atoms with Gasteiger partial charge in [0.1, 0.15) is 0 Å². The lowest BCUT2D eigenvalue weighted by molar-refractivity contribution is 0.515. The minimum Gasteiger partial charge on any atom is -0.244 e. The van der Waals surface area contributed by atoms with Crippen molar-refractivity contribution in [2.45, 2.75) is 26.2 Å². The van der Waals surface area contributed by atoms with Gasteiger partial charge in [0.25, 0.3) is 0 Å². The molecule has 0 aliphatic heterocycles.